The third kappa shape index (κ3) is 4.20. The van der Waals surface area contributed by atoms with E-state index in [1.165, 1.54) is 5.56 Å². The summed E-state index contributed by atoms with van der Waals surface area (Å²) >= 11 is 0. The Kier molecular flexibility index (Phi) is 5.35. The van der Waals surface area contributed by atoms with Gasteiger partial charge in [0, 0.05) is 38.8 Å². The molecule has 2 N–H and O–H groups in total. The van der Waals surface area contributed by atoms with Gasteiger partial charge in [0.15, 0.2) is 0 Å². The summed E-state index contributed by atoms with van der Waals surface area (Å²) in [6.07, 6.45) is 4.06. The fourth-order valence-electron chi connectivity index (χ4n) is 2.49. The normalized spacial score (nSPS) is 18.3. The molecule has 1 saturated heterocycles. The first kappa shape index (κ1) is 14.8. The lowest BCUT2D eigenvalue weighted by atomic mass is 10.2. The second-order valence-electron chi connectivity index (χ2n) is 5.33. The van der Waals surface area contributed by atoms with Gasteiger partial charge in [-0.25, -0.2) is 4.98 Å². The minimum atomic E-state index is 0.0437. The van der Waals surface area contributed by atoms with E-state index in [4.69, 9.17) is 0 Å². The van der Waals surface area contributed by atoms with E-state index in [0.29, 0.717) is 0 Å². The Morgan fingerprint density at radius 1 is 1.50 bits per heavy atom. The topological polar surface area (TPSA) is 57.3 Å². The SMILES string of the molecule is CCCNCc1ccc(N2CCC(NC(C)=O)C2)nc1. The molecule has 5 nitrogen and oxygen atoms in total. The Morgan fingerprint density at radius 3 is 3.00 bits per heavy atom. The number of pyridine rings is 1. The van der Waals surface area contributed by atoms with Crippen molar-refractivity contribution in [2.24, 2.45) is 0 Å². The van der Waals surface area contributed by atoms with Crippen LogP contribution in [0.25, 0.3) is 0 Å². The predicted octanol–water partition coefficient (Wildman–Crippen LogP) is 1.30. The summed E-state index contributed by atoms with van der Waals surface area (Å²) in [6.45, 7) is 7.43. The van der Waals surface area contributed by atoms with Crippen molar-refractivity contribution in [2.45, 2.75) is 39.3 Å². The van der Waals surface area contributed by atoms with E-state index in [2.05, 4.69) is 39.6 Å². The molecule has 0 aliphatic carbocycles. The van der Waals surface area contributed by atoms with Crippen LogP contribution in [0.1, 0.15) is 32.3 Å². The first-order valence-corrected chi connectivity index (χ1v) is 7.36. The molecule has 20 heavy (non-hydrogen) atoms. The number of aromatic nitrogens is 1. The molecule has 0 spiro atoms. The first-order chi connectivity index (χ1) is 9.69. The van der Waals surface area contributed by atoms with Crippen molar-refractivity contribution < 1.29 is 4.79 Å². The molecule has 0 radical (unpaired) electrons. The van der Waals surface area contributed by atoms with E-state index >= 15 is 0 Å². The minimum absolute atomic E-state index is 0.0437. The Bertz CT molecular complexity index is 432. The van der Waals surface area contributed by atoms with Gasteiger partial charge in [0.25, 0.3) is 0 Å². The quantitative estimate of drug-likeness (QED) is 0.769. The molecular formula is C15H24N4O. The fraction of sp³-hybridized carbons (Fsp3) is 0.600. The van der Waals surface area contributed by atoms with Gasteiger partial charge in [-0.3, -0.25) is 4.79 Å². The van der Waals surface area contributed by atoms with Crippen LogP contribution < -0.4 is 15.5 Å². The maximum absolute atomic E-state index is 11.1. The van der Waals surface area contributed by atoms with Gasteiger partial charge in [0.05, 0.1) is 0 Å². The van der Waals surface area contributed by atoms with Crippen LogP contribution in [0.15, 0.2) is 18.3 Å². The summed E-state index contributed by atoms with van der Waals surface area (Å²) in [5.41, 5.74) is 1.21. The zero-order valence-electron chi connectivity index (χ0n) is 12.4. The molecule has 1 atom stereocenters. The van der Waals surface area contributed by atoms with E-state index in [0.717, 1.165) is 44.8 Å². The second kappa shape index (κ2) is 7.24. The first-order valence-electron chi connectivity index (χ1n) is 7.36. The molecule has 2 rings (SSSR count). The van der Waals surface area contributed by atoms with Gasteiger partial charge >= 0.3 is 0 Å². The van der Waals surface area contributed by atoms with E-state index in [1.54, 1.807) is 6.92 Å². The number of anilines is 1. The maximum Gasteiger partial charge on any atom is 0.217 e. The largest absolute Gasteiger partial charge is 0.354 e. The highest BCUT2D eigenvalue weighted by molar-refractivity contribution is 5.73. The number of rotatable bonds is 6. The van der Waals surface area contributed by atoms with Gasteiger partial charge in [0.1, 0.15) is 5.82 Å². The van der Waals surface area contributed by atoms with Gasteiger partial charge in [-0.15, -0.1) is 0 Å². The van der Waals surface area contributed by atoms with Crippen LogP contribution in [0.2, 0.25) is 0 Å². The van der Waals surface area contributed by atoms with Crippen LogP contribution in [0.4, 0.5) is 5.82 Å². The molecule has 0 saturated carbocycles. The van der Waals surface area contributed by atoms with Crippen LogP contribution in [-0.2, 0) is 11.3 Å². The molecule has 1 aliphatic heterocycles. The Morgan fingerprint density at radius 2 is 2.35 bits per heavy atom. The monoisotopic (exact) mass is 276 g/mol. The van der Waals surface area contributed by atoms with Crippen molar-refractivity contribution in [2.75, 3.05) is 24.5 Å². The van der Waals surface area contributed by atoms with E-state index in [-0.39, 0.29) is 11.9 Å². The molecule has 1 fully saturated rings. The maximum atomic E-state index is 11.1. The summed E-state index contributed by atoms with van der Waals surface area (Å²) in [6, 6.07) is 4.44. The predicted molar refractivity (Wildman–Crippen MR) is 80.7 cm³/mol. The molecule has 0 bridgehead atoms. The van der Waals surface area contributed by atoms with Gasteiger partial charge in [0.2, 0.25) is 5.91 Å². The molecule has 2 heterocycles. The van der Waals surface area contributed by atoms with Crippen LogP contribution >= 0.6 is 0 Å². The smallest absolute Gasteiger partial charge is 0.217 e. The average molecular weight is 276 g/mol. The number of hydrogen-bond acceptors (Lipinski definition) is 4. The summed E-state index contributed by atoms with van der Waals surface area (Å²) in [7, 11) is 0. The third-order valence-corrected chi connectivity index (χ3v) is 3.48. The summed E-state index contributed by atoms with van der Waals surface area (Å²) < 4.78 is 0. The number of nitrogens with one attached hydrogen (secondary N) is 2. The fourth-order valence-corrected chi connectivity index (χ4v) is 2.49. The van der Waals surface area contributed by atoms with Crippen molar-refractivity contribution in [3.8, 4) is 0 Å². The number of nitrogens with zero attached hydrogens (tertiary/aromatic N) is 2. The lowest BCUT2D eigenvalue weighted by Crippen LogP contribution is -2.35. The molecule has 5 heteroatoms. The zero-order chi connectivity index (χ0) is 14.4. The van der Waals surface area contributed by atoms with Crippen molar-refractivity contribution in [3.05, 3.63) is 23.9 Å². The number of amides is 1. The molecule has 1 aromatic rings. The highest BCUT2D eigenvalue weighted by Crippen LogP contribution is 2.18. The highest BCUT2D eigenvalue weighted by atomic mass is 16.1. The molecular weight excluding hydrogens is 252 g/mol. The lowest BCUT2D eigenvalue weighted by molar-refractivity contribution is -0.119. The number of carbonyl (C=O) groups is 1. The summed E-state index contributed by atoms with van der Waals surface area (Å²) in [5, 5.41) is 6.34. The number of carbonyl (C=O) groups excluding carboxylic acids is 1. The van der Waals surface area contributed by atoms with Crippen molar-refractivity contribution in [1.29, 1.82) is 0 Å². The highest BCUT2D eigenvalue weighted by Gasteiger charge is 2.23. The van der Waals surface area contributed by atoms with E-state index in [9.17, 15) is 4.79 Å². The molecule has 1 aromatic heterocycles. The molecule has 1 unspecified atom stereocenters. The van der Waals surface area contributed by atoms with Crippen LogP contribution in [0.3, 0.4) is 0 Å². The van der Waals surface area contributed by atoms with Crippen molar-refractivity contribution in [1.82, 2.24) is 15.6 Å². The van der Waals surface area contributed by atoms with Gasteiger partial charge in [-0.05, 0) is 31.0 Å². The molecule has 1 aliphatic rings. The molecule has 110 valence electrons. The van der Waals surface area contributed by atoms with Crippen LogP contribution in [0, 0.1) is 0 Å². The second-order valence-corrected chi connectivity index (χ2v) is 5.33. The van der Waals surface area contributed by atoms with Gasteiger partial charge in [-0.1, -0.05) is 13.0 Å². The Balaban J connectivity index is 1.86. The Hall–Kier alpha value is -1.62. The Labute approximate surface area is 120 Å². The van der Waals surface area contributed by atoms with Crippen LogP contribution in [0.5, 0.6) is 0 Å². The van der Waals surface area contributed by atoms with Gasteiger partial charge in [-0.2, -0.15) is 0 Å². The third-order valence-electron chi connectivity index (χ3n) is 3.48. The standard InChI is InChI=1S/C15H24N4O/c1-3-7-16-9-13-4-5-15(17-10-13)19-8-6-14(11-19)18-12(2)20/h4-5,10,14,16H,3,6-9,11H2,1-2H3,(H,18,20). The molecule has 1 amide bonds. The summed E-state index contributed by atoms with van der Waals surface area (Å²) in [4.78, 5) is 17.8. The lowest BCUT2D eigenvalue weighted by Gasteiger charge is -2.18. The van der Waals surface area contributed by atoms with Crippen molar-refractivity contribution >= 4 is 11.7 Å². The van der Waals surface area contributed by atoms with Gasteiger partial charge < -0.3 is 15.5 Å². The minimum Gasteiger partial charge on any atom is -0.354 e. The average Bonchev–Trinajstić information content (AvgIpc) is 2.87. The number of hydrogen-bond donors (Lipinski definition) is 2. The van der Waals surface area contributed by atoms with Crippen LogP contribution in [-0.4, -0.2) is 36.6 Å². The van der Waals surface area contributed by atoms with E-state index in [1.807, 2.05) is 6.20 Å². The summed E-state index contributed by atoms with van der Waals surface area (Å²) in [5.74, 6) is 1.04. The zero-order valence-corrected chi connectivity index (χ0v) is 12.4. The molecule has 0 aromatic carbocycles. The van der Waals surface area contributed by atoms with Crippen molar-refractivity contribution in [3.63, 3.8) is 0 Å². The van der Waals surface area contributed by atoms with E-state index < -0.39 is 0 Å².